The molecule has 0 aliphatic carbocycles. The van der Waals surface area contributed by atoms with E-state index in [0.29, 0.717) is 42.7 Å². The third-order valence-electron chi connectivity index (χ3n) is 4.30. The average molecular weight is 293 g/mol. The summed E-state index contributed by atoms with van der Waals surface area (Å²) in [5.41, 5.74) is 0.597. The van der Waals surface area contributed by atoms with Crippen LogP contribution < -0.4 is 0 Å². The molecule has 1 unspecified atom stereocenters. The first-order valence-corrected chi connectivity index (χ1v) is 7.49. The molecule has 1 aliphatic heterocycles. The number of hydrogen-bond donors (Lipinski definition) is 1. The molecule has 116 valence electrons. The van der Waals surface area contributed by atoms with Crippen LogP contribution in [0, 0.1) is 18.8 Å². The van der Waals surface area contributed by atoms with Gasteiger partial charge in [-0.3, -0.25) is 4.79 Å². The van der Waals surface area contributed by atoms with E-state index in [9.17, 15) is 9.59 Å². The van der Waals surface area contributed by atoms with Gasteiger partial charge in [-0.05, 0) is 37.7 Å². The van der Waals surface area contributed by atoms with Crippen molar-refractivity contribution in [2.45, 2.75) is 46.6 Å². The molecule has 1 aromatic heterocycles. The van der Waals surface area contributed by atoms with Gasteiger partial charge in [-0.25, -0.2) is 4.79 Å². The summed E-state index contributed by atoms with van der Waals surface area (Å²) in [7, 11) is 0. The Morgan fingerprint density at radius 1 is 1.48 bits per heavy atom. The fraction of sp³-hybridized carbons (Fsp3) is 0.625. The number of likely N-dealkylation sites (tertiary alicyclic amines) is 1. The van der Waals surface area contributed by atoms with E-state index in [1.807, 2.05) is 0 Å². The molecule has 5 nitrogen and oxygen atoms in total. The zero-order valence-corrected chi connectivity index (χ0v) is 12.9. The van der Waals surface area contributed by atoms with Crippen LogP contribution in [0.2, 0.25) is 0 Å². The molecule has 1 atom stereocenters. The average Bonchev–Trinajstić information content (AvgIpc) is 2.67. The van der Waals surface area contributed by atoms with Crippen molar-refractivity contribution in [1.82, 2.24) is 4.90 Å². The van der Waals surface area contributed by atoms with Crippen molar-refractivity contribution in [3.63, 3.8) is 0 Å². The van der Waals surface area contributed by atoms with Gasteiger partial charge >= 0.3 is 5.97 Å². The molecule has 2 heterocycles. The van der Waals surface area contributed by atoms with Gasteiger partial charge in [0.05, 0.1) is 6.54 Å². The normalized spacial score (nSPS) is 19.9. The minimum Gasteiger partial charge on any atom is -0.475 e. The minimum atomic E-state index is -1.07. The molecule has 0 spiro atoms. The van der Waals surface area contributed by atoms with E-state index >= 15 is 0 Å². The van der Waals surface area contributed by atoms with Gasteiger partial charge in [0, 0.05) is 18.5 Å². The Hall–Kier alpha value is -1.78. The smallest absolute Gasteiger partial charge is 0.372 e. The first kappa shape index (κ1) is 15.6. The highest BCUT2D eigenvalue weighted by molar-refractivity contribution is 5.86. The topological polar surface area (TPSA) is 70.8 Å². The SMILES string of the molecule is Cc1cc(CN2CCC(C(C)C)CCC2=O)oc1C(=O)O. The van der Waals surface area contributed by atoms with Crippen molar-refractivity contribution in [1.29, 1.82) is 0 Å². The Balaban J connectivity index is 2.06. The van der Waals surface area contributed by atoms with Crippen molar-refractivity contribution in [3.8, 4) is 0 Å². The van der Waals surface area contributed by atoms with Crippen molar-refractivity contribution in [2.24, 2.45) is 11.8 Å². The van der Waals surface area contributed by atoms with E-state index in [0.717, 1.165) is 12.8 Å². The molecule has 1 aliphatic rings. The standard InChI is InChI=1S/C16H23NO4/c1-10(2)12-4-5-14(18)17(7-6-12)9-13-8-11(3)15(21-13)16(19)20/h8,10,12H,4-7,9H2,1-3H3,(H,19,20). The van der Waals surface area contributed by atoms with Gasteiger partial charge in [0.15, 0.2) is 0 Å². The largest absolute Gasteiger partial charge is 0.475 e. The molecule has 5 heteroatoms. The second-order valence-corrected chi connectivity index (χ2v) is 6.18. The Morgan fingerprint density at radius 3 is 2.76 bits per heavy atom. The molecular weight excluding hydrogens is 270 g/mol. The van der Waals surface area contributed by atoms with E-state index in [1.54, 1.807) is 17.9 Å². The van der Waals surface area contributed by atoms with Crippen LogP contribution in [-0.4, -0.2) is 28.4 Å². The summed E-state index contributed by atoms with van der Waals surface area (Å²) in [4.78, 5) is 25.0. The predicted octanol–water partition coefficient (Wildman–Crippen LogP) is 3.07. The molecule has 1 aromatic rings. The van der Waals surface area contributed by atoms with E-state index in [4.69, 9.17) is 9.52 Å². The highest BCUT2D eigenvalue weighted by Gasteiger charge is 2.25. The van der Waals surface area contributed by atoms with E-state index in [1.165, 1.54) is 0 Å². The lowest BCUT2D eigenvalue weighted by molar-refractivity contribution is -0.131. The molecule has 1 saturated heterocycles. The molecule has 0 saturated carbocycles. The highest BCUT2D eigenvalue weighted by Crippen LogP contribution is 2.26. The summed E-state index contributed by atoms with van der Waals surface area (Å²) in [6.45, 7) is 7.16. The van der Waals surface area contributed by atoms with Crippen LogP contribution in [0.4, 0.5) is 0 Å². The summed E-state index contributed by atoms with van der Waals surface area (Å²) in [6.07, 6.45) is 2.49. The number of aromatic carboxylic acids is 1. The number of furan rings is 1. The Kier molecular flexibility index (Phi) is 4.70. The highest BCUT2D eigenvalue weighted by atomic mass is 16.4. The monoisotopic (exact) mass is 293 g/mol. The maximum Gasteiger partial charge on any atom is 0.372 e. The maximum absolute atomic E-state index is 12.2. The number of nitrogens with zero attached hydrogens (tertiary/aromatic N) is 1. The van der Waals surface area contributed by atoms with Crippen LogP contribution in [0.15, 0.2) is 10.5 Å². The number of hydrogen-bond acceptors (Lipinski definition) is 3. The lowest BCUT2D eigenvalue weighted by Gasteiger charge is -2.20. The first-order chi connectivity index (χ1) is 9.88. The predicted molar refractivity (Wildman–Crippen MR) is 78.0 cm³/mol. The van der Waals surface area contributed by atoms with Crippen molar-refractivity contribution in [3.05, 3.63) is 23.2 Å². The van der Waals surface area contributed by atoms with Crippen LogP contribution in [0.5, 0.6) is 0 Å². The summed E-state index contributed by atoms with van der Waals surface area (Å²) >= 11 is 0. The first-order valence-electron chi connectivity index (χ1n) is 7.49. The van der Waals surface area contributed by atoms with Crippen LogP contribution >= 0.6 is 0 Å². The van der Waals surface area contributed by atoms with Crippen molar-refractivity contribution >= 4 is 11.9 Å². The zero-order valence-electron chi connectivity index (χ0n) is 12.9. The van der Waals surface area contributed by atoms with Crippen molar-refractivity contribution < 1.29 is 19.1 Å². The van der Waals surface area contributed by atoms with Gasteiger partial charge in [0.2, 0.25) is 11.7 Å². The number of amides is 1. The lowest BCUT2D eigenvalue weighted by Crippen LogP contribution is -2.29. The summed E-state index contributed by atoms with van der Waals surface area (Å²) < 4.78 is 5.35. The maximum atomic E-state index is 12.2. The molecule has 1 fully saturated rings. The van der Waals surface area contributed by atoms with Crippen molar-refractivity contribution in [2.75, 3.05) is 6.54 Å². The van der Waals surface area contributed by atoms with Gasteiger partial charge in [-0.1, -0.05) is 13.8 Å². The summed E-state index contributed by atoms with van der Waals surface area (Å²) in [5, 5.41) is 9.00. The number of rotatable bonds is 4. The lowest BCUT2D eigenvalue weighted by atomic mass is 9.89. The molecule has 1 N–H and O–H groups in total. The zero-order chi connectivity index (χ0) is 15.6. The number of carboxylic acids is 1. The molecule has 0 aromatic carbocycles. The van der Waals surface area contributed by atoms with Gasteiger partial charge in [-0.2, -0.15) is 0 Å². The van der Waals surface area contributed by atoms with Gasteiger partial charge < -0.3 is 14.4 Å². The molecule has 2 rings (SSSR count). The van der Waals surface area contributed by atoms with E-state index in [2.05, 4.69) is 13.8 Å². The Morgan fingerprint density at radius 2 is 2.19 bits per heavy atom. The van der Waals surface area contributed by atoms with E-state index in [-0.39, 0.29) is 11.7 Å². The molecule has 1 amide bonds. The van der Waals surface area contributed by atoms with Crippen LogP contribution in [-0.2, 0) is 11.3 Å². The number of aryl methyl sites for hydroxylation is 1. The van der Waals surface area contributed by atoms with Gasteiger partial charge in [0.25, 0.3) is 0 Å². The fourth-order valence-corrected chi connectivity index (χ4v) is 2.92. The molecule has 0 bridgehead atoms. The van der Waals surface area contributed by atoms with Gasteiger partial charge in [-0.15, -0.1) is 0 Å². The Labute approximate surface area is 124 Å². The fourth-order valence-electron chi connectivity index (χ4n) is 2.92. The number of carbonyl (C=O) groups excluding carboxylic acids is 1. The second kappa shape index (κ2) is 6.33. The summed E-state index contributed by atoms with van der Waals surface area (Å²) in [6, 6.07) is 1.71. The summed E-state index contributed by atoms with van der Waals surface area (Å²) in [5.74, 6) is 0.729. The van der Waals surface area contributed by atoms with Crippen LogP contribution in [0.25, 0.3) is 0 Å². The van der Waals surface area contributed by atoms with Crippen LogP contribution in [0.1, 0.15) is 55.0 Å². The van der Waals surface area contributed by atoms with Gasteiger partial charge in [0.1, 0.15) is 5.76 Å². The molecular formula is C16H23NO4. The molecule has 0 radical (unpaired) electrons. The third kappa shape index (κ3) is 3.65. The minimum absolute atomic E-state index is 0.0349. The third-order valence-corrected chi connectivity index (χ3v) is 4.30. The number of carbonyl (C=O) groups is 2. The quantitative estimate of drug-likeness (QED) is 0.926. The van der Waals surface area contributed by atoms with Crippen LogP contribution in [0.3, 0.4) is 0 Å². The second-order valence-electron chi connectivity index (χ2n) is 6.18. The number of carboxylic acid groups (broad SMARTS) is 1. The van der Waals surface area contributed by atoms with E-state index < -0.39 is 5.97 Å². The Bertz CT molecular complexity index is 532. The molecule has 21 heavy (non-hydrogen) atoms.